The van der Waals surface area contributed by atoms with Crippen LogP contribution >= 0.6 is 11.3 Å². The zero-order valence-corrected chi connectivity index (χ0v) is 19.8. The number of nitrogens with two attached hydrogens (primary N) is 1. The summed E-state index contributed by atoms with van der Waals surface area (Å²) >= 11 is 1.22. The molecule has 7 nitrogen and oxygen atoms in total. The van der Waals surface area contributed by atoms with E-state index in [0.29, 0.717) is 37.5 Å². The summed E-state index contributed by atoms with van der Waals surface area (Å²) in [5.41, 5.74) is 8.46. The van der Waals surface area contributed by atoms with Crippen LogP contribution in [0.25, 0.3) is 21.3 Å². The Morgan fingerprint density at radius 3 is 2.25 bits per heavy atom. The Kier molecular flexibility index (Phi) is 6.37. The number of ketones is 1. The zero-order chi connectivity index (χ0) is 23.8. The lowest BCUT2D eigenvalue weighted by Gasteiger charge is -2.16. The predicted molar refractivity (Wildman–Crippen MR) is 125 cm³/mol. The molecule has 0 aliphatic heterocycles. The molecule has 2 N–H and O–H groups in total. The van der Waals surface area contributed by atoms with Crippen molar-refractivity contribution >= 4 is 45.0 Å². The number of rotatable bonds is 5. The zero-order valence-electron chi connectivity index (χ0n) is 19.0. The molecule has 2 heterocycles. The maximum absolute atomic E-state index is 13.0. The highest BCUT2D eigenvalue weighted by Crippen LogP contribution is 2.44. The number of ether oxygens (including phenoxy) is 2. The number of esters is 2. The first-order chi connectivity index (χ1) is 15.0. The summed E-state index contributed by atoms with van der Waals surface area (Å²) in [4.78, 5) is 43.3. The molecule has 168 valence electrons. The van der Waals surface area contributed by atoms with Gasteiger partial charge in [0, 0.05) is 16.4 Å². The molecule has 0 atom stereocenters. The lowest BCUT2D eigenvalue weighted by Crippen LogP contribution is -2.20. The second-order valence-electron chi connectivity index (χ2n) is 8.34. The van der Waals surface area contributed by atoms with Crippen molar-refractivity contribution in [1.29, 1.82) is 0 Å². The molecule has 3 aromatic rings. The van der Waals surface area contributed by atoms with E-state index < -0.39 is 17.4 Å². The summed E-state index contributed by atoms with van der Waals surface area (Å²) in [5, 5.41) is 0.530. The number of fused-ring (bicyclic) bond motifs is 1. The van der Waals surface area contributed by atoms with Gasteiger partial charge in [0.1, 0.15) is 4.83 Å². The molecule has 32 heavy (non-hydrogen) atoms. The Labute approximate surface area is 190 Å². The molecular weight excluding hydrogens is 428 g/mol. The van der Waals surface area contributed by atoms with Crippen molar-refractivity contribution in [3.05, 3.63) is 46.0 Å². The van der Waals surface area contributed by atoms with Gasteiger partial charge in [0.05, 0.1) is 41.1 Å². The van der Waals surface area contributed by atoms with Gasteiger partial charge in [0.25, 0.3) is 0 Å². The summed E-state index contributed by atoms with van der Waals surface area (Å²) in [6.07, 6.45) is 0. The number of methoxy groups -OCH3 is 1. The van der Waals surface area contributed by atoms with Gasteiger partial charge in [-0.25, -0.2) is 14.6 Å². The maximum atomic E-state index is 13.0. The molecule has 0 aliphatic carbocycles. The van der Waals surface area contributed by atoms with E-state index in [0.717, 1.165) is 0 Å². The van der Waals surface area contributed by atoms with E-state index in [1.165, 1.54) is 18.4 Å². The number of thiophene rings is 1. The minimum atomic E-state index is -0.629. The Morgan fingerprint density at radius 1 is 1.09 bits per heavy atom. The number of aromatic nitrogens is 1. The summed E-state index contributed by atoms with van der Waals surface area (Å²) < 4.78 is 10.1. The summed E-state index contributed by atoms with van der Waals surface area (Å²) in [5.74, 6) is -1.09. The second kappa shape index (κ2) is 8.70. The van der Waals surface area contributed by atoms with Crippen LogP contribution in [0.5, 0.6) is 0 Å². The Morgan fingerprint density at radius 2 is 1.72 bits per heavy atom. The summed E-state index contributed by atoms with van der Waals surface area (Å²) in [7, 11) is 1.31. The fraction of sp³-hybridized carbons (Fsp3) is 0.333. The van der Waals surface area contributed by atoms with Crippen LogP contribution < -0.4 is 5.73 Å². The van der Waals surface area contributed by atoms with E-state index >= 15 is 0 Å². The molecule has 0 saturated heterocycles. The van der Waals surface area contributed by atoms with Gasteiger partial charge in [-0.15, -0.1) is 11.3 Å². The third-order valence-electron chi connectivity index (χ3n) is 5.02. The normalized spacial score (nSPS) is 11.4. The Bertz CT molecular complexity index is 1220. The highest BCUT2D eigenvalue weighted by atomic mass is 32.1. The Hall–Kier alpha value is -3.26. The third kappa shape index (κ3) is 4.10. The molecular formula is C24H26N2O5S. The van der Waals surface area contributed by atoms with Crippen molar-refractivity contribution in [3.63, 3.8) is 0 Å². The number of carbonyl (C=O) groups is 3. The fourth-order valence-electron chi connectivity index (χ4n) is 3.41. The van der Waals surface area contributed by atoms with Crippen LogP contribution in [-0.4, -0.2) is 36.4 Å². The minimum Gasteiger partial charge on any atom is -0.465 e. The quantitative estimate of drug-likeness (QED) is 0.425. The summed E-state index contributed by atoms with van der Waals surface area (Å²) in [6, 6.07) is 6.65. The lowest BCUT2D eigenvalue weighted by molar-refractivity contribution is 0.0524. The van der Waals surface area contributed by atoms with Crippen LogP contribution in [0.1, 0.15) is 63.8 Å². The number of hydrogen-bond donors (Lipinski definition) is 1. The number of pyridine rings is 1. The van der Waals surface area contributed by atoms with Gasteiger partial charge < -0.3 is 15.2 Å². The van der Waals surface area contributed by atoms with Gasteiger partial charge in [-0.2, -0.15) is 0 Å². The lowest BCUT2D eigenvalue weighted by atomic mass is 9.88. The highest BCUT2D eigenvalue weighted by Gasteiger charge is 2.31. The molecule has 0 bridgehead atoms. The van der Waals surface area contributed by atoms with E-state index in [-0.39, 0.29) is 23.6 Å². The van der Waals surface area contributed by atoms with Gasteiger partial charge in [0.15, 0.2) is 5.78 Å². The van der Waals surface area contributed by atoms with Crippen LogP contribution in [0.3, 0.4) is 0 Å². The molecule has 0 unspecified atom stereocenters. The predicted octanol–water partition coefficient (Wildman–Crippen LogP) is 5.05. The smallest absolute Gasteiger partial charge is 0.340 e. The Balaban J connectivity index is 2.37. The van der Waals surface area contributed by atoms with Gasteiger partial charge in [0.2, 0.25) is 0 Å². The van der Waals surface area contributed by atoms with E-state index in [1.54, 1.807) is 38.1 Å². The number of carbonyl (C=O) groups excluding carboxylic acids is 3. The number of nitrogens with zero attached hydrogens (tertiary/aromatic N) is 1. The van der Waals surface area contributed by atoms with Crippen LogP contribution in [0.4, 0.5) is 5.69 Å². The van der Waals surface area contributed by atoms with Crippen LogP contribution in [-0.2, 0) is 9.47 Å². The van der Waals surface area contributed by atoms with Crippen LogP contribution in [0.2, 0.25) is 0 Å². The van der Waals surface area contributed by atoms with Gasteiger partial charge in [-0.05, 0) is 31.5 Å². The first-order valence-corrected chi connectivity index (χ1v) is 11.0. The molecule has 0 amide bonds. The molecule has 0 fully saturated rings. The molecule has 0 spiro atoms. The van der Waals surface area contributed by atoms with Crippen molar-refractivity contribution in [2.24, 2.45) is 5.41 Å². The molecule has 0 radical (unpaired) electrons. The molecule has 8 heteroatoms. The first-order valence-electron chi connectivity index (χ1n) is 10.1. The number of aryl methyl sites for hydroxylation is 1. The largest absolute Gasteiger partial charge is 0.465 e. The number of anilines is 1. The SMILES string of the molecule is CCOC(=O)c1c(C)nc2sc(C(=O)C(C)(C)C)c(N)c2c1-c1ccc(C(=O)OC)cc1. The van der Waals surface area contributed by atoms with Crippen molar-refractivity contribution in [2.75, 3.05) is 19.5 Å². The monoisotopic (exact) mass is 454 g/mol. The van der Waals surface area contributed by atoms with E-state index in [2.05, 4.69) is 4.98 Å². The van der Waals surface area contributed by atoms with Gasteiger partial charge in [-0.3, -0.25) is 4.79 Å². The standard InChI is InChI=1S/C24H26N2O5S/c1-7-31-23(29)15-12(2)26-21-17(18(25)19(32-21)20(27)24(3,4)5)16(15)13-8-10-14(11-9-13)22(28)30-6/h8-11H,7,25H2,1-6H3. The van der Waals surface area contributed by atoms with Crippen LogP contribution in [0, 0.1) is 12.3 Å². The average molecular weight is 455 g/mol. The fourth-order valence-corrected chi connectivity index (χ4v) is 4.71. The average Bonchev–Trinajstić information content (AvgIpc) is 3.06. The number of benzene rings is 1. The molecule has 3 rings (SSSR count). The van der Waals surface area contributed by atoms with E-state index in [1.807, 2.05) is 20.8 Å². The van der Waals surface area contributed by atoms with E-state index in [4.69, 9.17) is 15.2 Å². The van der Waals surface area contributed by atoms with Crippen LogP contribution in [0.15, 0.2) is 24.3 Å². The highest BCUT2D eigenvalue weighted by molar-refractivity contribution is 7.21. The molecule has 0 saturated carbocycles. The van der Waals surface area contributed by atoms with E-state index in [9.17, 15) is 14.4 Å². The van der Waals surface area contributed by atoms with Crippen molar-refractivity contribution in [2.45, 2.75) is 34.6 Å². The summed E-state index contributed by atoms with van der Waals surface area (Å²) in [6.45, 7) is 9.13. The van der Waals surface area contributed by atoms with Crippen molar-refractivity contribution < 1.29 is 23.9 Å². The minimum absolute atomic E-state index is 0.0969. The van der Waals surface area contributed by atoms with Gasteiger partial charge in [-0.1, -0.05) is 32.9 Å². The third-order valence-corrected chi connectivity index (χ3v) is 6.12. The molecule has 0 aliphatic rings. The first kappa shape index (κ1) is 23.4. The number of Topliss-reactive ketones (excluding diaryl/α,β-unsaturated/α-hetero) is 1. The van der Waals surface area contributed by atoms with Gasteiger partial charge >= 0.3 is 11.9 Å². The van der Waals surface area contributed by atoms with Crippen molar-refractivity contribution in [1.82, 2.24) is 4.98 Å². The second-order valence-corrected chi connectivity index (χ2v) is 9.34. The topological polar surface area (TPSA) is 109 Å². The number of hydrogen-bond acceptors (Lipinski definition) is 8. The number of nitrogen functional groups attached to an aromatic ring is 1. The maximum Gasteiger partial charge on any atom is 0.340 e. The molecule has 2 aromatic heterocycles. The van der Waals surface area contributed by atoms with Crippen molar-refractivity contribution in [3.8, 4) is 11.1 Å². The molecule has 1 aromatic carbocycles.